The lowest BCUT2D eigenvalue weighted by Gasteiger charge is -2.09. The fourth-order valence-electron chi connectivity index (χ4n) is 2.29. The molecule has 2 aromatic carbocycles. The summed E-state index contributed by atoms with van der Waals surface area (Å²) in [6, 6.07) is 11.7. The zero-order valence-corrected chi connectivity index (χ0v) is 15.1. The zero-order valence-electron chi connectivity index (χ0n) is 15.1. The van der Waals surface area contributed by atoms with Crippen molar-refractivity contribution in [1.82, 2.24) is 0 Å². The Balaban J connectivity index is 2.10. The van der Waals surface area contributed by atoms with E-state index in [2.05, 4.69) is 5.32 Å². The van der Waals surface area contributed by atoms with E-state index in [9.17, 15) is 9.59 Å². The van der Waals surface area contributed by atoms with Gasteiger partial charge in [-0.05, 0) is 35.9 Å². The Morgan fingerprint density at radius 1 is 1.07 bits per heavy atom. The molecule has 0 aliphatic heterocycles. The van der Waals surface area contributed by atoms with Gasteiger partial charge in [-0.15, -0.1) is 0 Å². The Labute approximate surface area is 157 Å². The summed E-state index contributed by atoms with van der Waals surface area (Å²) < 4.78 is 15.3. The van der Waals surface area contributed by atoms with Crippen molar-refractivity contribution >= 4 is 23.6 Å². The topological polar surface area (TPSA) is 94.1 Å². The molecule has 27 heavy (non-hydrogen) atoms. The highest BCUT2D eigenvalue weighted by molar-refractivity contribution is 6.06. The Morgan fingerprint density at radius 2 is 1.81 bits per heavy atom. The number of nitrogens with one attached hydrogen (secondary N) is 1. The fraction of sp³-hybridized carbons (Fsp3) is 0.200. The van der Waals surface area contributed by atoms with Gasteiger partial charge in [-0.2, -0.15) is 0 Å². The van der Waals surface area contributed by atoms with Gasteiger partial charge in [0.2, 0.25) is 5.91 Å². The molecule has 2 rings (SSSR count). The van der Waals surface area contributed by atoms with Crippen LogP contribution in [0.5, 0.6) is 11.5 Å². The minimum absolute atomic E-state index is 0.111. The third kappa shape index (κ3) is 5.58. The minimum atomic E-state index is -0.621. The van der Waals surface area contributed by atoms with Gasteiger partial charge in [-0.25, -0.2) is 4.79 Å². The van der Waals surface area contributed by atoms with E-state index in [0.29, 0.717) is 17.2 Å². The number of ether oxygens (including phenoxy) is 3. The van der Waals surface area contributed by atoms with E-state index in [-0.39, 0.29) is 18.8 Å². The molecule has 0 atom stereocenters. The number of carbonyl (C=O) groups is 2. The molecular formula is C20H21NO6. The summed E-state index contributed by atoms with van der Waals surface area (Å²) in [5, 5.41) is 11.4. The summed E-state index contributed by atoms with van der Waals surface area (Å²) in [5.74, 6) is 0.113. The average Bonchev–Trinajstić information content (AvgIpc) is 2.70. The monoisotopic (exact) mass is 371 g/mol. The number of rotatable bonds is 8. The second kappa shape index (κ2) is 9.98. The first-order chi connectivity index (χ1) is 13.1. The van der Waals surface area contributed by atoms with Crippen molar-refractivity contribution in [2.24, 2.45) is 0 Å². The predicted molar refractivity (Wildman–Crippen MR) is 101 cm³/mol. The van der Waals surface area contributed by atoms with E-state index in [0.717, 1.165) is 5.56 Å². The summed E-state index contributed by atoms with van der Waals surface area (Å²) in [4.78, 5) is 24.2. The molecule has 0 aromatic heterocycles. The molecule has 0 spiro atoms. The summed E-state index contributed by atoms with van der Waals surface area (Å²) in [6.45, 7) is -0.380. The number of hydrogen-bond donors (Lipinski definition) is 2. The molecule has 0 bridgehead atoms. The quantitative estimate of drug-likeness (QED) is 0.547. The third-order valence-electron chi connectivity index (χ3n) is 3.56. The van der Waals surface area contributed by atoms with E-state index >= 15 is 0 Å². The van der Waals surface area contributed by atoms with Crippen LogP contribution in [0.4, 0.5) is 5.69 Å². The van der Waals surface area contributed by atoms with Gasteiger partial charge >= 0.3 is 5.97 Å². The first kappa shape index (κ1) is 20.0. The third-order valence-corrected chi connectivity index (χ3v) is 3.56. The summed E-state index contributed by atoms with van der Waals surface area (Å²) >= 11 is 0. The number of anilines is 1. The number of methoxy groups -OCH3 is 2. The van der Waals surface area contributed by atoms with Gasteiger partial charge in [0.25, 0.3) is 0 Å². The molecule has 0 fully saturated rings. The first-order valence-electron chi connectivity index (χ1n) is 8.17. The number of carbonyl (C=O) groups excluding carboxylic acids is 2. The maximum Gasteiger partial charge on any atom is 0.340 e. The second-order valence-electron chi connectivity index (χ2n) is 5.34. The smallest absolute Gasteiger partial charge is 0.340 e. The molecular weight excluding hydrogens is 350 g/mol. The molecule has 2 aromatic rings. The molecule has 0 radical (unpaired) electrons. The highest BCUT2D eigenvalue weighted by atomic mass is 16.5. The van der Waals surface area contributed by atoms with Crippen molar-refractivity contribution in [3.63, 3.8) is 0 Å². The van der Waals surface area contributed by atoms with Crippen LogP contribution in [0.3, 0.4) is 0 Å². The number of aliphatic hydroxyl groups excluding tert-OH is 1. The molecule has 7 nitrogen and oxygen atoms in total. The van der Waals surface area contributed by atoms with Crippen molar-refractivity contribution in [2.75, 3.05) is 32.8 Å². The van der Waals surface area contributed by atoms with Gasteiger partial charge in [0, 0.05) is 6.08 Å². The van der Waals surface area contributed by atoms with E-state index in [1.165, 1.54) is 19.3 Å². The van der Waals surface area contributed by atoms with Gasteiger partial charge in [-0.3, -0.25) is 4.79 Å². The standard InChI is InChI=1S/C20H21NO6/c1-25-17-9-7-14(13-18(17)26-2)8-10-19(23)21-16-6-4-3-5-15(16)20(24)27-12-11-22/h3-10,13,22H,11-12H2,1-2H3,(H,21,23)/b10-8+. The number of aliphatic hydroxyl groups is 1. The summed E-state index contributed by atoms with van der Waals surface area (Å²) in [5.41, 5.74) is 1.28. The van der Waals surface area contributed by atoms with Crippen LogP contribution < -0.4 is 14.8 Å². The van der Waals surface area contributed by atoms with Crippen LogP contribution in [-0.2, 0) is 9.53 Å². The maximum absolute atomic E-state index is 12.2. The van der Waals surface area contributed by atoms with Gasteiger partial charge in [0.1, 0.15) is 6.61 Å². The number of benzene rings is 2. The van der Waals surface area contributed by atoms with Gasteiger partial charge in [0.05, 0.1) is 32.1 Å². The molecule has 0 unspecified atom stereocenters. The zero-order chi connectivity index (χ0) is 19.6. The first-order valence-corrected chi connectivity index (χ1v) is 8.17. The highest BCUT2D eigenvalue weighted by Crippen LogP contribution is 2.28. The number of para-hydroxylation sites is 1. The maximum atomic E-state index is 12.2. The molecule has 0 saturated carbocycles. The molecule has 0 aliphatic rings. The highest BCUT2D eigenvalue weighted by Gasteiger charge is 2.13. The molecule has 0 heterocycles. The van der Waals surface area contributed by atoms with E-state index in [4.69, 9.17) is 19.3 Å². The normalized spacial score (nSPS) is 10.5. The Morgan fingerprint density at radius 3 is 2.52 bits per heavy atom. The van der Waals surface area contributed by atoms with Crippen molar-refractivity contribution < 1.29 is 28.9 Å². The number of esters is 1. The lowest BCUT2D eigenvalue weighted by molar-refractivity contribution is -0.111. The molecule has 7 heteroatoms. The van der Waals surface area contributed by atoms with E-state index < -0.39 is 11.9 Å². The molecule has 1 amide bonds. The average molecular weight is 371 g/mol. The van der Waals surface area contributed by atoms with Crippen LogP contribution in [-0.4, -0.2) is 44.4 Å². The van der Waals surface area contributed by atoms with Crippen LogP contribution in [0, 0.1) is 0 Å². The van der Waals surface area contributed by atoms with Gasteiger partial charge in [-0.1, -0.05) is 18.2 Å². The Bertz CT molecular complexity index is 831. The van der Waals surface area contributed by atoms with Gasteiger partial charge in [0.15, 0.2) is 11.5 Å². The van der Waals surface area contributed by atoms with Crippen molar-refractivity contribution in [2.45, 2.75) is 0 Å². The van der Waals surface area contributed by atoms with Gasteiger partial charge < -0.3 is 24.6 Å². The van der Waals surface area contributed by atoms with Crippen molar-refractivity contribution in [3.05, 3.63) is 59.7 Å². The Kier molecular flexibility index (Phi) is 7.39. The Hall–Kier alpha value is -3.32. The van der Waals surface area contributed by atoms with E-state index in [1.54, 1.807) is 49.6 Å². The molecule has 0 saturated heterocycles. The molecule has 2 N–H and O–H groups in total. The molecule has 142 valence electrons. The van der Waals surface area contributed by atoms with Crippen molar-refractivity contribution in [3.8, 4) is 11.5 Å². The number of amides is 1. The van der Waals surface area contributed by atoms with Crippen molar-refractivity contribution in [1.29, 1.82) is 0 Å². The van der Waals surface area contributed by atoms with Crippen LogP contribution in [0.2, 0.25) is 0 Å². The van der Waals surface area contributed by atoms with Crippen LogP contribution in [0.25, 0.3) is 6.08 Å². The van der Waals surface area contributed by atoms with E-state index in [1.807, 2.05) is 0 Å². The van der Waals surface area contributed by atoms with Crippen LogP contribution in [0.15, 0.2) is 48.5 Å². The predicted octanol–water partition coefficient (Wildman–Crippen LogP) is 2.50. The fourth-order valence-corrected chi connectivity index (χ4v) is 2.29. The lowest BCUT2D eigenvalue weighted by atomic mass is 10.1. The van der Waals surface area contributed by atoms with Crippen LogP contribution >= 0.6 is 0 Å². The number of hydrogen-bond acceptors (Lipinski definition) is 6. The minimum Gasteiger partial charge on any atom is -0.493 e. The lowest BCUT2D eigenvalue weighted by Crippen LogP contribution is -2.14. The SMILES string of the molecule is COc1ccc(/C=C/C(=O)Nc2ccccc2C(=O)OCCO)cc1OC. The van der Waals surface area contributed by atoms with Crippen LogP contribution in [0.1, 0.15) is 15.9 Å². The second-order valence-corrected chi connectivity index (χ2v) is 5.34. The largest absolute Gasteiger partial charge is 0.493 e. The summed E-state index contributed by atoms with van der Waals surface area (Å²) in [6.07, 6.45) is 2.96. The summed E-state index contributed by atoms with van der Waals surface area (Å²) in [7, 11) is 3.08. The molecule has 0 aliphatic carbocycles.